The van der Waals surface area contributed by atoms with Crippen LogP contribution in [0.5, 0.6) is 0 Å². The van der Waals surface area contributed by atoms with Gasteiger partial charge in [0, 0.05) is 6.92 Å². The maximum Gasteiger partial charge on any atom is 0.432 e. The Morgan fingerprint density at radius 1 is 0.909 bits per heavy atom. The number of hydrogen-bond donors (Lipinski definition) is 0. The fourth-order valence-electron chi connectivity index (χ4n) is 1.42. The molecule has 0 aliphatic carbocycles. The highest BCUT2D eigenvalue weighted by Gasteiger charge is 2.79. The Bertz CT molecular complexity index is 380. The fourth-order valence-corrected chi connectivity index (χ4v) is 1.42. The molecule has 0 aromatic rings. The van der Waals surface area contributed by atoms with Gasteiger partial charge < -0.3 is 4.74 Å². The van der Waals surface area contributed by atoms with Crippen LogP contribution in [-0.4, -0.2) is 42.9 Å². The third kappa shape index (κ3) is 4.12. The van der Waals surface area contributed by atoms with Crippen LogP contribution in [0.25, 0.3) is 0 Å². The summed E-state index contributed by atoms with van der Waals surface area (Å²) < 4.78 is 141. The van der Waals surface area contributed by atoms with E-state index in [1.807, 2.05) is 0 Å². The molecule has 2 unspecified atom stereocenters. The Morgan fingerprint density at radius 3 is 1.50 bits per heavy atom. The fraction of sp³-hybridized carbons (Fsp3) is 0.889. The second kappa shape index (κ2) is 6.07. The number of hydrogen-bond acceptors (Lipinski definition) is 2. The van der Waals surface area contributed by atoms with E-state index in [9.17, 15) is 53.1 Å². The first-order chi connectivity index (χ1) is 9.46. The molecule has 0 fully saturated rings. The van der Waals surface area contributed by atoms with Crippen LogP contribution in [0, 0.1) is 5.92 Å². The van der Waals surface area contributed by atoms with Gasteiger partial charge in [-0.2, -0.15) is 39.5 Å². The van der Waals surface area contributed by atoms with Crippen molar-refractivity contribution in [3.8, 4) is 0 Å². The first-order valence-electron chi connectivity index (χ1n) is 5.12. The van der Waals surface area contributed by atoms with Crippen molar-refractivity contribution < 1.29 is 57.8 Å². The van der Waals surface area contributed by atoms with Gasteiger partial charge in [0.15, 0.2) is 0 Å². The largest absolute Gasteiger partial charge is 0.465 e. The van der Waals surface area contributed by atoms with E-state index in [1.165, 1.54) is 0 Å². The molecule has 0 aromatic heterocycles. The summed E-state index contributed by atoms with van der Waals surface area (Å²) in [5.41, 5.74) is -6.57. The number of alkyl halides is 11. The second-order valence-electron chi connectivity index (χ2n) is 4.06. The van der Waals surface area contributed by atoms with E-state index in [1.54, 1.807) is 0 Å². The van der Waals surface area contributed by atoms with E-state index >= 15 is 0 Å². The van der Waals surface area contributed by atoms with Gasteiger partial charge in [0.05, 0.1) is 5.92 Å². The minimum Gasteiger partial charge on any atom is -0.465 e. The second-order valence-corrected chi connectivity index (χ2v) is 4.06. The summed E-state index contributed by atoms with van der Waals surface area (Å²) in [6.45, 7) is -2.00. The molecule has 0 N–H and O–H groups in total. The van der Waals surface area contributed by atoms with Gasteiger partial charge in [0.2, 0.25) is 6.17 Å². The molecule has 2 atom stereocenters. The van der Waals surface area contributed by atoms with Crippen molar-refractivity contribution in [1.82, 2.24) is 0 Å². The molecule has 132 valence electrons. The van der Waals surface area contributed by atoms with Crippen LogP contribution in [0.4, 0.5) is 48.3 Å². The molecular formula is C9H7F11O2. The zero-order valence-electron chi connectivity index (χ0n) is 10.3. The number of halogens is 11. The monoisotopic (exact) mass is 356 g/mol. The van der Waals surface area contributed by atoms with Crippen LogP contribution in [0.3, 0.4) is 0 Å². The van der Waals surface area contributed by atoms with Gasteiger partial charge in [-0.25, -0.2) is 8.78 Å². The van der Waals surface area contributed by atoms with Gasteiger partial charge >= 0.3 is 30.2 Å². The lowest BCUT2D eigenvalue weighted by molar-refractivity contribution is -0.373. The Balaban J connectivity index is 6.04. The zero-order valence-corrected chi connectivity index (χ0v) is 10.3. The molecule has 13 heteroatoms. The van der Waals surface area contributed by atoms with Crippen molar-refractivity contribution >= 4 is 5.97 Å². The highest BCUT2D eigenvalue weighted by Crippen LogP contribution is 2.53. The van der Waals surface area contributed by atoms with Gasteiger partial charge in [-0.15, -0.1) is 0 Å². The van der Waals surface area contributed by atoms with Crippen molar-refractivity contribution in [2.75, 3.05) is 6.61 Å². The van der Waals surface area contributed by atoms with Gasteiger partial charge in [-0.1, -0.05) is 0 Å². The van der Waals surface area contributed by atoms with Crippen LogP contribution in [0.15, 0.2) is 0 Å². The van der Waals surface area contributed by atoms with Crippen molar-refractivity contribution in [3.63, 3.8) is 0 Å². The molecule has 0 heterocycles. The van der Waals surface area contributed by atoms with Crippen molar-refractivity contribution in [3.05, 3.63) is 0 Å². The lowest BCUT2D eigenvalue weighted by Crippen LogP contribution is -2.63. The van der Waals surface area contributed by atoms with Gasteiger partial charge in [0.25, 0.3) is 0 Å². The molecule has 0 aliphatic rings. The normalized spacial score (nSPS) is 17.1. The van der Waals surface area contributed by atoms with Crippen LogP contribution < -0.4 is 0 Å². The van der Waals surface area contributed by atoms with Crippen LogP contribution >= 0.6 is 0 Å². The first-order valence-corrected chi connectivity index (χ1v) is 5.12. The summed E-state index contributed by atoms with van der Waals surface area (Å²) in [6.07, 6.45) is -25.0. The standard InChI is InChI=1S/C9H7F11O2/c1-3(21)22-2-4(5(10)7(12,13)14)6(11,8(15,16)17)9(18,19)20/h4-5H,2H2,1H3. The van der Waals surface area contributed by atoms with E-state index in [-0.39, 0.29) is 0 Å². The minimum absolute atomic E-state index is 0.416. The molecular weight excluding hydrogens is 349 g/mol. The maximum atomic E-state index is 13.5. The smallest absolute Gasteiger partial charge is 0.432 e. The molecule has 0 amide bonds. The quantitative estimate of drug-likeness (QED) is 0.564. The van der Waals surface area contributed by atoms with E-state index < -0.39 is 48.9 Å². The number of esters is 1. The summed E-state index contributed by atoms with van der Waals surface area (Å²) in [7, 11) is 0. The van der Waals surface area contributed by atoms with Crippen LogP contribution in [0.2, 0.25) is 0 Å². The van der Waals surface area contributed by atoms with Crippen molar-refractivity contribution in [2.45, 2.75) is 37.3 Å². The topological polar surface area (TPSA) is 26.3 Å². The molecule has 0 aromatic carbocycles. The molecule has 2 nitrogen and oxygen atoms in total. The highest BCUT2D eigenvalue weighted by atomic mass is 19.4. The lowest BCUT2D eigenvalue weighted by Gasteiger charge is -2.37. The molecule has 0 aliphatic heterocycles. The maximum absolute atomic E-state index is 13.5. The number of carbonyl (C=O) groups excluding carboxylic acids is 1. The summed E-state index contributed by atoms with van der Waals surface area (Å²) in [4.78, 5) is 10.3. The van der Waals surface area contributed by atoms with E-state index in [0.717, 1.165) is 0 Å². The molecule has 0 bridgehead atoms. The van der Waals surface area contributed by atoms with Gasteiger partial charge in [-0.05, 0) is 0 Å². The van der Waals surface area contributed by atoms with E-state index in [2.05, 4.69) is 4.74 Å². The Kier molecular flexibility index (Phi) is 5.71. The van der Waals surface area contributed by atoms with Crippen molar-refractivity contribution in [2.24, 2.45) is 5.92 Å². The summed E-state index contributed by atoms with van der Waals surface area (Å²) >= 11 is 0. The van der Waals surface area contributed by atoms with E-state index in [4.69, 9.17) is 0 Å². The average molecular weight is 356 g/mol. The third-order valence-corrected chi connectivity index (χ3v) is 2.47. The Labute approximate surface area is 115 Å². The first kappa shape index (κ1) is 20.7. The zero-order chi connectivity index (χ0) is 18.1. The predicted octanol–water partition coefficient (Wildman–Crippen LogP) is 3.90. The van der Waals surface area contributed by atoms with Gasteiger partial charge in [-0.3, -0.25) is 4.79 Å². The molecule has 0 radical (unpaired) electrons. The highest BCUT2D eigenvalue weighted by molar-refractivity contribution is 5.65. The average Bonchev–Trinajstić information content (AvgIpc) is 2.23. The number of carbonyl (C=O) groups is 1. The number of rotatable bonds is 4. The van der Waals surface area contributed by atoms with Gasteiger partial charge in [0.1, 0.15) is 6.61 Å². The molecule has 0 rings (SSSR count). The Morgan fingerprint density at radius 2 is 1.27 bits per heavy atom. The molecule has 0 saturated heterocycles. The summed E-state index contributed by atoms with van der Waals surface area (Å²) in [6, 6.07) is 0. The van der Waals surface area contributed by atoms with E-state index in [0.29, 0.717) is 6.92 Å². The molecule has 22 heavy (non-hydrogen) atoms. The molecule has 0 saturated carbocycles. The predicted molar refractivity (Wildman–Crippen MR) is 47.0 cm³/mol. The van der Waals surface area contributed by atoms with Crippen molar-refractivity contribution in [1.29, 1.82) is 0 Å². The summed E-state index contributed by atoms with van der Waals surface area (Å²) in [5, 5.41) is 0. The minimum atomic E-state index is -6.92. The SMILES string of the molecule is CC(=O)OCC(C(F)C(F)(F)F)C(F)(C(F)(F)F)C(F)(F)F. The lowest BCUT2D eigenvalue weighted by atomic mass is 9.84. The number of ether oxygens (including phenoxy) is 1. The Hall–Kier alpha value is -1.30. The van der Waals surface area contributed by atoms with Crippen LogP contribution in [-0.2, 0) is 9.53 Å². The molecule has 0 spiro atoms. The third-order valence-electron chi connectivity index (χ3n) is 2.47. The van der Waals surface area contributed by atoms with Crippen LogP contribution in [0.1, 0.15) is 6.92 Å². The summed E-state index contributed by atoms with van der Waals surface area (Å²) in [5.74, 6) is -6.03.